The quantitative estimate of drug-likeness (QED) is 0.191. The van der Waals surface area contributed by atoms with Crippen molar-refractivity contribution in [3.63, 3.8) is 0 Å². The molecule has 10 rings (SSSR count). The Balaban J connectivity index is 1.33. The molecule has 47 heavy (non-hydrogen) atoms. The van der Waals surface area contributed by atoms with Crippen molar-refractivity contribution in [2.45, 2.75) is 19.3 Å². The summed E-state index contributed by atoms with van der Waals surface area (Å²) in [7, 11) is 0. The van der Waals surface area contributed by atoms with Crippen LogP contribution in [0.1, 0.15) is 25.0 Å². The summed E-state index contributed by atoms with van der Waals surface area (Å²) in [6.07, 6.45) is 0. The van der Waals surface area contributed by atoms with Gasteiger partial charge in [0.25, 0.3) is 0 Å². The van der Waals surface area contributed by atoms with E-state index >= 15 is 0 Å². The van der Waals surface area contributed by atoms with Crippen molar-refractivity contribution in [2.24, 2.45) is 0 Å². The van der Waals surface area contributed by atoms with Gasteiger partial charge in [0, 0.05) is 38.3 Å². The largest absolute Gasteiger partial charge is 0.307 e. The molecule has 0 amide bonds. The van der Waals surface area contributed by atoms with E-state index in [9.17, 15) is 0 Å². The van der Waals surface area contributed by atoms with Crippen LogP contribution in [0.5, 0.6) is 0 Å². The van der Waals surface area contributed by atoms with Crippen LogP contribution >= 0.6 is 0 Å². The first kappa shape index (κ1) is 26.4. The molecule has 0 bridgehead atoms. The van der Waals surface area contributed by atoms with Crippen LogP contribution in [0.3, 0.4) is 0 Å². The van der Waals surface area contributed by atoms with Crippen LogP contribution in [0, 0.1) is 0 Å². The van der Waals surface area contributed by atoms with Gasteiger partial charge in [0.05, 0.1) is 22.1 Å². The minimum atomic E-state index is -0.0806. The lowest BCUT2D eigenvalue weighted by Gasteiger charge is -2.22. The number of rotatable bonds is 3. The van der Waals surface area contributed by atoms with Gasteiger partial charge in [-0.3, -0.25) is 0 Å². The third-order valence-electron chi connectivity index (χ3n) is 10.5. The highest BCUT2D eigenvalue weighted by atomic mass is 15.0. The van der Waals surface area contributed by atoms with Crippen LogP contribution in [0.25, 0.3) is 77.2 Å². The predicted molar refractivity (Wildman–Crippen MR) is 198 cm³/mol. The van der Waals surface area contributed by atoms with Gasteiger partial charge in [0.2, 0.25) is 0 Å². The summed E-state index contributed by atoms with van der Waals surface area (Å²) in [5.74, 6) is 0. The number of hydrogen-bond acceptors (Lipinski definition) is 0. The zero-order valence-corrected chi connectivity index (χ0v) is 26.4. The zero-order valence-electron chi connectivity index (χ0n) is 26.4. The molecule has 0 radical (unpaired) electrons. The Morgan fingerprint density at radius 3 is 1.64 bits per heavy atom. The molecule has 1 aliphatic carbocycles. The molecule has 2 heterocycles. The monoisotopic (exact) mass is 600 g/mol. The topological polar surface area (TPSA) is 9.86 Å². The molecule has 0 aliphatic heterocycles. The van der Waals surface area contributed by atoms with E-state index in [1.165, 1.54) is 82.7 Å². The molecule has 9 aromatic rings. The summed E-state index contributed by atoms with van der Waals surface area (Å²) in [6, 6.07) is 58.1. The smallest absolute Gasteiger partial charge is 0.0788 e. The maximum Gasteiger partial charge on any atom is 0.0788 e. The van der Waals surface area contributed by atoms with Gasteiger partial charge in [-0.2, -0.15) is 0 Å². The van der Waals surface area contributed by atoms with Gasteiger partial charge in [-0.25, -0.2) is 0 Å². The normalized spacial score (nSPS) is 13.5. The number of benzene rings is 7. The molecule has 0 atom stereocenters. The molecule has 222 valence electrons. The third-order valence-corrected chi connectivity index (χ3v) is 10.5. The SMILES string of the molecule is CC1(C)c2ccccc2-c2ccc(-n3c4ccccc4c4ccc5c6ccccc6n(-c6cccc(-c7ccccc7)c6)c5c43)cc21. The molecule has 0 saturated heterocycles. The molecule has 0 fully saturated rings. The Morgan fingerprint density at radius 2 is 0.936 bits per heavy atom. The first-order chi connectivity index (χ1) is 23.1. The molecule has 0 N–H and O–H groups in total. The summed E-state index contributed by atoms with van der Waals surface area (Å²) in [5.41, 5.74) is 15.1. The number of hydrogen-bond donors (Lipinski definition) is 0. The molecule has 0 saturated carbocycles. The third kappa shape index (κ3) is 3.61. The summed E-state index contributed by atoms with van der Waals surface area (Å²) in [5, 5.41) is 5.05. The molecule has 7 aromatic carbocycles. The second-order valence-electron chi connectivity index (χ2n) is 13.4. The van der Waals surface area contributed by atoms with Crippen LogP contribution in [-0.4, -0.2) is 9.13 Å². The van der Waals surface area contributed by atoms with E-state index in [4.69, 9.17) is 0 Å². The number of fused-ring (bicyclic) bond motifs is 10. The molecule has 2 nitrogen and oxygen atoms in total. The van der Waals surface area contributed by atoms with Crippen molar-refractivity contribution in [3.8, 4) is 33.6 Å². The van der Waals surface area contributed by atoms with Crippen LogP contribution in [-0.2, 0) is 5.41 Å². The summed E-state index contributed by atoms with van der Waals surface area (Å²) < 4.78 is 5.00. The average Bonchev–Trinajstić information content (AvgIpc) is 3.72. The molecule has 2 aromatic heterocycles. The Morgan fingerprint density at radius 1 is 0.383 bits per heavy atom. The summed E-state index contributed by atoms with van der Waals surface area (Å²) in [6.45, 7) is 4.73. The van der Waals surface area contributed by atoms with E-state index < -0.39 is 0 Å². The maximum atomic E-state index is 2.52. The zero-order chi connectivity index (χ0) is 31.3. The van der Waals surface area contributed by atoms with Crippen LogP contribution in [0.2, 0.25) is 0 Å². The van der Waals surface area contributed by atoms with Crippen LogP contribution in [0.15, 0.2) is 158 Å². The Hall–Kier alpha value is -5.86. The van der Waals surface area contributed by atoms with Gasteiger partial charge in [-0.05, 0) is 69.8 Å². The lowest BCUT2D eigenvalue weighted by molar-refractivity contribution is 0.660. The van der Waals surface area contributed by atoms with Gasteiger partial charge in [0.1, 0.15) is 0 Å². The Labute approximate surface area is 273 Å². The highest BCUT2D eigenvalue weighted by Crippen LogP contribution is 2.50. The van der Waals surface area contributed by atoms with Gasteiger partial charge in [-0.1, -0.05) is 135 Å². The molecule has 0 unspecified atom stereocenters. The van der Waals surface area contributed by atoms with E-state index in [-0.39, 0.29) is 5.41 Å². The van der Waals surface area contributed by atoms with Crippen molar-refractivity contribution >= 4 is 43.6 Å². The fourth-order valence-corrected chi connectivity index (χ4v) is 8.32. The van der Waals surface area contributed by atoms with E-state index in [0.717, 1.165) is 5.69 Å². The first-order valence-corrected chi connectivity index (χ1v) is 16.5. The standard InChI is InChI=1S/C45H32N2/c1-45(2)39-20-9-6-17-33(39)34-24-23-32(28-40(34)45)47-42-22-11-8-19-36(42)38-26-25-37-35-18-7-10-21-41(35)46(43(37)44(38)47)31-16-12-15-30(27-31)29-13-4-3-5-14-29/h3-28H,1-2H3. The molecule has 1 aliphatic rings. The number of nitrogens with zero attached hydrogens (tertiary/aromatic N) is 2. The van der Waals surface area contributed by atoms with Gasteiger partial charge in [0.15, 0.2) is 0 Å². The molecule has 0 spiro atoms. The minimum absolute atomic E-state index is 0.0806. The second kappa shape index (κ2) is 9.57. The minimum Gasteiger partial charge on any atom is -0.307 e. The lowest BCUT2D eigenvalue weighted by Crippen LogP contribution is -2.15. The molecular formula is C45H32N2. The van der Waals surface area contributed by atoms with E-state index in [0.29, 0.717) is 0 Å². The molecular weight excluding hydrogens is 569 g/mol. The van der Waals surface area contributed by atoms with Gasteiger partial charge in [-0.15, -0.1) is 0 Å². The number of para-hydroxylation sites is 2. The Kier molecular flexibility index (Phi) is 5.37. The summed E-state index contributed by atoms with van der Waals surface area (Å²) >= 11 is 0. The van der Waals surface area contributed by atoms with Gasteiger partial charge >= 0.3 is 0 Å². The van der Waals surface area contributed by atoms with E-state index in [1.54, 1.807) is 0 Å². The number of aromatic nitrogens is 2. The molecule has 2 heteroatoms. The van der Waals surface area contributed by atoms with Gasteiger partial charge < -0.3 is 9.13 Å². The Bertz CT molecular complexity index is 2700. The lowest BCUT2D eigenvalue weighted by atomic mass is 9.82. The van der Waals surface area contributed by atoms with Crippen molar-refractivity contribution in [1.29, 1.82) is 0 Å². The van der Waals surface area contributed by atoms with E-state index in [1.807, 2.05) is 0 Å². The van der Waals surface area contributed by atoms with Crippen molar-refractivity contribution in [3.05, 3.63) is 169 Å². The van der Waals surface area contributed by atoms with Crippen molar-refractivity contribution < 1.29 is 0 Å². The summed E-state index contributed by atoms with van der Waals surface area (Å²) in [4.78, 5) is 0. The van der Waals surface area contributed by atoms with Crippen LogP contribution < -0.4 is 0 Å². The van der Waals surface area contributed by atoms with Crippen molar-refractivity contribution in [2.75, 3.05) is 0 Å². The highest BCUT2D eigenvalue weighted by Gasteiger charge is 2.35. The second-order valence-corrected chi connectivity index (χ2v) is 13.4. The first-order valence-electron chi connectivity index (χ1n) is 16.5. The van der Waals surface area contributed by atoms with Crippen molar-refractivity contribution in [1.82, 2.24) is 9.13 Å². The fourth-order valence-electron chi connectivity index (χ4n) is 8.32. The van der Waals surface area contributed by atoms with Crippen LogP contribution in [0.4, 0.5) is 0 Å². The average molecular weight is 601 g/mol. The predicted octanol–water partition coefficient (Wildman–Crippen LogP) is 11.9. The fraction of sp³-hybridized carbons (Fsp3) is 0.0667. The highest BCUT2D eigenvalue weighted by molar-refractivity contribution is 6.23. The van der Waals surface area contributed by atoms with E-state index in [2.05, 4.69) is 181 Å². The maximum absolute atomic E-state index is 2.52.